The maximum Gasteiger partial charge on any atom is 0.355 e. The summed E-state index contributed by atoms with van der Waals surface area (Å²) < 4.78 is 20.9. The van der Waals surface area contributed by atoms with Crippen LogP contribution >= 0.6 is 11.8 Å². The molecule has 55 heavy (non-hydrogen) atoms. The van der Waals surface area contributed by atoms with Crippen LogP contribution in [0.5, 0.6) is 11.5 Å². The fourth-order valence-corrected chi connectivity index (χ4v) is 7.12. The Balaban J connectivity index is 1.75. The zero-order chi connectivity index (χ0) is 41.0. The first kappa shape index (κ1) is 41.8. The van der Waals surface area contributed by atoms with Gasteiger partial charge in [-0.3, -0.25) is 48.2 Å². The highest BCUT2D eigenvalue weighted by molar-refractivity contribution is 8.01. The predicted octanol–water partition coefficient (Wildman–Crippen LogP) is -0.389. The van der Waals surface area contributed by atoms with Crippen molar-refractivity contribution in [2.45, 2.75) is 71.1 Å². The maximum absolute atomic E-state index is 14.3. The lowest BCUT2D eigenvalue weighted by molar-refractivity contribution is -0.166. The molecule has 0 bridgehead atoms. The molecule has 0 spiro atoms. The first-order chi connectivity index (χ1) is 25.7. The molecule has 3 N–H and O–H groups in total. The summed E-state index contributed by atoms with van der Waals surface area (Å²) in [6.45, 7) is 9.28. The second-order valence-corrected chi connectivity index (χ2v) is 14.4. The minimum atomic E-state index is -1.84. The van der Waals surface area contributed by atoms with Crippen LogP contribution in [0.15, 0.2) is 29.5 Å². The summed E-state index contributed by atoms with van der Waals surface area (Å²) in [5.41, 5.74) is -1.31. The molecule has 3 heterocycles. The van der Waals surface area contributed by atoms with Crippen LogP contribution in [-0.4, -0.2) is 123 Å². The number of ether oxygens (including phenoxy) is 4. The lowest BCUT2D eigenvalue weighted by atomic mass is 9.96. The maximum atomic E-state index is 14.3. The highest BCUT2D eigenvalue weighted by atomic mass is 32.2. The number of likely N-dealkylation sites (N-methyl/N-ethyl adjacent to an activating group) is 1. The minimum absolute atomic E-state index is 0.00943. The summed E-state index contributed by atoms with van der Waals surface area (Å²) in [4.78, 5) is 129. The van der Waals surface area contributed by atoms with E-state index in [9.17, 15) is 47.9 Å². The number of thioether (sulfide) groups is 1. The standard InChI is InChI=1S/C34H40N6O14S/c1-8-38-11-12-39(30(48)29(38)47)32(50)36-24(20-9-10-22(52-18(3)43)23(13-20)53-19(4)44)27(45)37-26-28(46)40-25(31(49)54-33(5,6)7)21(14-51-17(2)42)15-55-34(26,40)35-16-41/h9-10,13,16,24,26H,8,11-12,14-15H2,1-7H3,(H,35,41)(H,36,50)(H,37,45)/t24?,26-,34?/m1/s1. The number of nitrogens with zero attached hydrogens (tertiary/aromatic N) is 3. The molecule has 21 heteroatoms. The van der Waals surface area contributed by atoms with Crippen LogP contribution in [-0.2, 0) is 52.6 Å². The Morgan fingerprint density at radius 2 is 1.62 bits per heavy atom. The van der Waals surface area contributed by atoms with Gasteiger partial charge in [0.05, 0.1) is 0 Å². The zero-order valence-corrected chi connectivity index (χ0v) is 31.8. The summed E-state index contributed by atoms with van der Waals surface area (Å²) in [5.74, 6) is -8.07. The third kappa shape index (κ3) is 9.04. The molecule has 20 nitrogen and oxygen atoms in total. The fraction of sp³-hybridized carbons (Fsp3) is 0.471. The monoisotopic (exact) mass is 788 g/mol. The number of β-lactam (4-membered cyclic amide) rings is 1. The van der Waals surface area contributed by atoms with Crippen LogP contribution in [0.3, 0.4) is 0 Å². The van der Waals surface area contributed by atoms with Gasteiger partial charge in [0.15, 0.2) is 22.5 Å². The quantitative estimate of drug-likeness (QED) is 0.0802. The van der Waals surface area contributed by atoms with Gasteiger partial charge < -0.3 is 39.8 Å². The number of esters is 4. The Labute approximate surface area is 318 Å². The summed E-state index contributed by atoms with van der Waals surface area (Å²) in [6, 6.07) is -1.09. The molecule has 2 unspecified atom stereocenters. The number of hydrogen-bond donors (Lipinski definition) is 3. The number of imide groups is 1. The molecule has 3 aliphatic heterocycles. The van der Waals surface area contributed by atoms with Crippen LogP contribution in [0, 0.1) is 0 Å². The lowest BCUT2D eigenvalue weighted by Crippen LogP contribution is -2.83. The smallest absolute Gasteiger partial charge is 0.355 e. The van der Waals surface area contributed by atoms with Crippen molar-refractivity contribution in [2.24, 2.45) is 0 Å². The van der Waals surface area contributed by atoms with E-state index in [1.165, 1.54) is 17.0 Å². The van der Waals surface area contributed by atoms with E-state index in [2.05, 4.69) is 16.0 Å². The molecule has 296 valence electrons. The predicted molar refractivity (Wildman–Crippen MR) is 187 cm³/mol. The highest BCUT2D eigenvalue weighted by Gasteiger charge is 2.66. The third-order valence-corrected chi connectivity index (χ3v) is 9.55. The van der Waals surface area contributed by atoms with Crippen molar-refractivity contribution in [3.8, 4) is 11.5 Å². The van der Waals surface area contributed by atoms with Gasteiger partial charge in [0.1, 0.15) is 23.9 Å². The minimum Gasteiger partial charge on any atom is -0.461 e. The van der Waals surface area contributed by atoms with Crippen molar-refractivity contribution in [1.29, 1.82) is 0 Å². The number of fused-ring (bicyclic) bond motifs is 1. The third-order valence-electron chi connectivity index (χ3n) is 8.08. The molecule has 3 atom stereocenters. The SMILES string of the molecule is CCN1CCN(C(=O)NC(C(=O)N[C@@H]2C(=O)N3C(C(=O)OC(C)(C)C)=C(COC(C)=O)CSC23NC=O)c2ccc(OC(C)=O)c(OC(C)=O)c2)C(=O)C1=O. The number of benzene rings is 1. The average Bonchev–Trinajstić information content (AvgIpc) is 3.09. The van der Waals surface area contributed by atoms with E-state index in [1.807, 2.05) is 0 Å². The van der Waals surface area contributed by atoms with Crippen molar-refractivity contribution in [1.82, 2.24) is 30.7 Å². The van der Waals surface area contributed by atoms with E-state index in [0.29, 0.717) is 4.90 Å². The van der Waals surface area contributed by atoms with Gasteiger partial charge in [-0.2, -0.15) is 0 Å². The van der Waals surface area contributed by atoms with Crippen molar-refractivity contribution >= 4 is 71.7 Å². The topological polar surface area (TPSA) is 253 Å². The molecule has 1 aromatic rings. The van der Waals surface area contributed by atoms with Gasteiger partial charge >= 0.3 is 41.7 Å². The van der Waals surface area contributed by atoms with E-state index < -0.39 is 82.8 Å². The van der Waals surface area contributed by atoms with Gasteiger partial charge in [0, 0.05) is 51.7 Å². The molecule has 3 aliphatic rings. The normalized spacial score (nSPS) is 20.0. The molecular weight excluding hydrogens is 748 g/mol. The molecule has 7 amide bonds. The number of piperazine rings is 1. The van der Waals surface area contributed by atoms with E-state index in [0.717, 1.165) is 43.5 Å². The summed E-state index contributed by atoms with van der Waals surface area (Å²) in [7, 11) is 0. The first-order valence-corrected chi connectivity index (χ1v) is 17.7. The molecule has 2 fully saturated rings. The number of rotatable bonds is 12. The second kappa shape index (κ2) is 16.6. The Kier molecular flexibility index (Phi) is 12.6. The van der Waals surface area contributed by atoms with Gasteiger partial charge in [-0.15, -0.1) is 11.8 Å². The Hall–Kier alpha value is -5.99. The summed E-state index contributed by atoms with van der Waals surface area (Å²) in [6.07, 6.45) is 0.242. The van der Waals surface area contributed by atoms with Gasteiger partial charge in [0.2, 0.25) is 12.3 Å². The van der Waals surface area contributed by atoms with Crippen LogP contribution in [0.1, 0.15) is 60.1 Å². The molecule has 4 rings (SSSR count). The van der Waals surface area contributed by atoms with E-state index in [1.54, 1.807) is 27.7 Å². The number of nitrogens with one attached hydrogen (secondary N) is 3. The first-order valence-electron chi connectivity index (χ1n) is 16.7. The lowest BCUT2D eigenvalue weighted by Gasteiger charge is -2.58. The molecule has 0 saturated carbocycles. The Bertz CT molecular complexity index is 1880. The molecule has 1 aromatic carbocycles. The number of amides is 7. The number of urea groups is 1. The van der Waals surface area contributed by atoms with Crippen molar-refractivity contribution in [3.05, 3.63) is 35.0 Å². The average molecular weight is 789 g/mol. The molecule has 0 radical (unpaired) electrons. The van der Waals surface area contributed by atoms with E-state index in [-0.39, 0.29) is 60.1 Å². The van der Waals surface area contributed by atoms with E-state index in [4.69, 9.17) is 18.9 Å². The molecule has 0 aliphatic carbocycles. The summed E-state index contributed by atoms with van der Waals surface area (Å²) in [5, 5.41) is 7.38. The Morgan fingerprint density at radius 3 is 2.20 bits per heavy atom. The summed E-state index contributed by atoms with van der Waals surface area (Å²) >= 11 is 0.904. The van der Waals surface area contributed by atoms with E-state index >= 15 is 0 Å². The highest BCUT2D eigenvalue weighted by Crippen LogP contribution is 2.48. The molecule has 2 saturated heterocycles. The van der Waals surface area contributed by atoms with Crippen molar-refractivity contribution in [3.63, 3.8) is 0 Å². The van der Waals surface area contributed by atoms with Crippen molar-refractivity contribution in [2.75, 3.05) is 32.0 Å². The van der Waals surface area contributed by atoms with Crippen LogP contribution < -0.4 is 25.4 Å². The van der Waals surface area contributed by atoms with Crippen LogP contribution in [0.4, 0.5) is 4.79 Å². The van der Waals surface area contributed by atoms with Crippen LogP contribution in [0.2, 0.25) is 0 Å². The second-order valence-electron chi connectivity index (χ2n) is 13.2. The molecular formula is C34H40N6O14S. The number of hydrogen-bond acceptors (Lipinski definition) is 15. The Morgan fingerprint density at radius 1 is 0.964 bits per heavy atom. The van der Waals surface area contributed by atoms with Crippen LogP contribution in [0.25, 0.3) is 0 Å². The van der Waals surface area contributed by atoms with Gasteiger partial charge in [0.25, 0.3) is 5.91 Å². The number of carbonyl (C=O) groups is 10. The molecule has 0 aromatic heterocycles. The largest absolute Gasteiger partial charge is 0.461 e. The zero-order valence-electron chi connectivity index (χ0n) is 31.0. The van der Waals surface area contributed by atoms with Gasteiger partial charge in [-0.25, -0.2) is 9.59 Å². The van der Waals surface area contributed by atoms with Gasteiger partial charge in [-0.05, 0) is 45.4 Å². The fourth-order valence-electron chi connectivity index (χ4n) is 5.74. The van der Waals surface area contributed by atoms with Gasteiger partial charge in [-0.1, -0.05) is 6.07 Å². The number of carbonyl (C=O) groups excluding carboxylic acids is 10. The van der Waals surface area contributed by atoms with Crippen molar-refractivity contribution < 1.29 is 66.9 Å².